The van der Waals surface area contributed by atoms with Crippen LogP contribution in [0.4, 0.5) is 0 Å². The highest BCUT2D eigenvalue weighted by Gasteiger charge is 2.21. The van der Waals surface area contributed by atoms with Gasteiger partial charge >= 0.3 is 0 Å². The van der Waals surface area contributed by atoms with Crippen molar-refractivity contribution >= 4 is 0 Å². The SMILES string of the molecule is Cc1ccc(-c2cccc(C)c2-c2ccccc2C)cc1.Cc1ccccc1-c1cc(-c2ccc(-c3cccc4c3Cc3ccccc3-4)cc2)ccc1C. The van der Waals surface area contributed by atoms with E-state index in [1.165, 1.54) is 106 Å². The van der Waals surface area contributed by atoms with E-state index in [0.717, 1.165) is 6.42 Å². The molecular weight excluding hydrogens is 649 g/mol. The van der Waals surface area contributed by atoms with E-state index in [2.05, 4.69) is 211 Å². The summed E-state index contributed by atoms with van der Waals surface area (Å²) < 4.78 is 0. The van der Waals surface area contributed by atoms with Crippen LogP contribution in [-0.2, 0) is 6.42 Å². The summed E-state index contributed by atoms with van der Waals surface area (Å²) in [6.07, 6.45) is 1.02. The Balaban J connectivity index is 0.000000170. The van der Waals surface area contributed by atoms with E-state index in [4.69, 9.17) is 0 Å². The molecule has 0 unspecified atom stereocenters. The Morgan fingerprint density at radius 2 is 0.778 bits per heavy atom. The maximum atomic E-state index is 2.34. The van der Waals surface area contributed by atoms with Crippen LogP contribution in [0, 0.1) is 34.6 Å². The normalized spacial score (nSPS) is 11.4. The lowest BCUT2D eigenvalue weighted by molar-refractivity contribution is 1.26. The molecule has 0 spiro atoms. The second-order valence-electron chi connectivity index (χ2n) is 14.8. The van der Waals surface area contributed by atoms with Crippen LogP contribution in [-0.4, -0.2) is 0 Å². The van der Waals surface area contributed by atoms with Crippen molar-refractivity contribution in [3.05, 3.63) is 215 Å². The third-order valence-corrected chi connectivity index (χ3v) is 11.1. The third kappa shape index (κ3) is 6.84. The summed E-state index contributed by atoms with van der Waals surface area (Å²) in [4.78, 5) is 0. The average molecular weight is 695 g/mol. The minimum Gasteiger partial charge on any atom is -0.0620 e. The van der Waals surface area contributed by atoms with E-state index in [-0.39, 0.29) is 0 Å². The minimum atomic E-state index is 1.02. The van der Waals surface area contributed by atoms with Crippen molar-refractivity contribution in [3.63, 3.8) is 0 Å². The van der Waals surface area contributed by atoms with Gasteiger partial charge in [0.05, 0.1) is 0 Å². The van der Waals surface area contributed by atoms with Crippen LogP contribution in [0.15, 0.2) is 176 Å². The zero-order chi connectivity index (χ0) is 37.2. The maximum absolute atomic E-state index is 2.34. The van der Waals surface area contributed by atoms with Crippen molar-refractivity contribution in [2.24, 2.45) is 0 Å². The standard InChI is InChI=1S/C33H26.C21H20/c1-22-8-3-5-10-28(22)32-20-26(15-14-23(32)2)24-16-18-25(19-17-24)29-12-7-13-31-30-11-6-4-9-27(30)21-33(29)31;1-15-11-13-18(14-12-15)20-10-6-8-17(3)21(20)19-9-5-4-7-16(19)2/h3-20H,21H2,1-2H3;4-14H,1-3H3. The Hall–Kier alpha value is -6.24. The molecule has 1 aliphatic carbocycles. The van der Waals surface area contributed by atoms with Gasteiger partial charge < -0.3 is 0 Å². The second kappa shape index (κ2) is 15.0. The van der Waals surface area contributed by atoms with Crippen molar-refractivity contribution in [1.82, 2.24) is 0 Å². The molecule has 0 fully saturated rings. The van der Waals surface area contributed by atoms with Crippen molar-refractivity contribution < 1.29 is 0 Å². The molecule has 0 atom stereocenters. The molecule has 9 rings (SSSR count). The van der Waals surface area contributed by atoms with Gasteiger partial charge in [-0.15, -0.1) is 0 Å². The quantitative estimate of drug-likeness (QED) is 0.168. The van der Waals surface area contributed by atoms with Crippen LogP contribution >= 0.6 is 0 Å². The maximum Gasteiger partial charge on any atom is -0.000729 e. The molecule has 0 heteroatoms. The fourth-order valence-electron chi connectivity index (χ4n) is 8.09. The molecule has 0 N–H and O–H groups in total. The molecule has 0 heterocycles. The van der Waals surface area contributed by atoms with E-state index in [9.17, 15) is 0 Å². The highest BCUT2D eigenvalue weighted by molar-refractivity contribution is 5.88. The monoisotopic (exact) mass is 694 g/mol. The summed E-state index contributed by atoms with van der Waals surface area (Å²) in [7, 11) is 0. The highest BCUT2D eigenvalue weighted by atomic mass is 14.2. The second-order valence-corrected chi connectivity index (χ2v) is 14.8. The van der Waals surface area contributed by atoms with Gasteiger partial charge in [0.1, 0.15) is 0 Å². The van der Waals surface area contributed by atoms with Crippen molar-refractivity contribution in [1.29, 1.82) is 0 Å². The van der Waals surface area contributed by atoms with Crippen LogP contribution in [0.1, 0.15) is 38.9 Å². The molecule has 8 aromatic carbocycles. The molecule has 262 valence electrons. The van der Waals surface area contributed by atoms with Crippen LogP contribution < -0.4 is 0 Å². The fourth-order valence-corrected chi connectivity index (χ4v) is 8.09. The average Bonchev–Trinajstić information content (AvgIpc) is 3.59. The molecule has 0 bridgehead atoms. The van der Waals surface area contributed by atoms with E-state index in [0.29, 0.717) is 0 Å². The molecule has 0 saturated carbocycles. The molecule has 0 radical (unpaired) electrons. The van der Waals surface area contributed by atoms with Gasteiger partial charge in [0.25, 0.3) is 0 Å². The van der Waals surface area contributed by atoms with Crippen molar-refractivity contribution in [2.45, 2.75) is 41.0 Å². The lowest BCUT2D eigenvalue weighted by Crippen LogP contribution is -1.91. The van der Waals surface area contributed by atoms with Crippen LogP contribution in [0.3, 0.4) is 0 Å². The molecule has 0 aromatic heterocycles. The Morgan fingerprint density at radius 3 is 1.50 bits per heavy atom. The third-order valence-electron chi connectivity index (χ3n) is 11.1. The van der Waals surface area contributed by atoms with Crippen LogP contribution in [0.2, 0.25) is 0 Å². The van der Waals surface area contributed by atoms with E-state index >= 15 is 0 Å². The lowest BCUT2D eigenvalue weighted by atomic mass is 9.89. The highest BCUT2D eigenvalue weighted by Crippen LogP contribution is 2.42. The molecule has 8 aromatic rings. The first kappa shape index (κ1) is 34.8. The van der Waals surface area contributed by atoms with Gasteiger partial charge in [0, 0.05) is 0 Å². The smallest absolute Gasteiger partial charge is 0.000729 e. The zero-order valence-corrected chi connectivity index (χ0v) is 32.0. The molecule has 0 aliphatic heterocycles. The van der Waals surface area contributed by atoms with Crippen LogP contribution in [0.5, 0.6) is 0 Å². The number of fused-ring (bicyclic) bond motifs is 3. The Kier molecular flexibility index (Phi) is 9.68. The summed E-state index contributed by atoms with van der Waals surface area (Å²) in [5, 5.41) is 0. The van der Waals surface area contributed by atoms with E-state index in [1.807, 2.05) is 0 Å². The zero-order valence-electron chi connectivity index (χ0n) is 32.0. The summed E-state index contributed by atoms with van der Waals surface area (Å²) in [6, 6.07) is 64.0. The molecule has 0 amide bonds. The van der Waals surface area contributed by atoms with Gasteiger partial charge in [0.2, 0.25) is 0 Å². The molecular formula is C54H46. The fraction of sp³-hybridized carbons (Fsp3) is 0.111. The first-order valence-electron chi connectivity index (χ1n) is 19.1. The Labute approximate surface area is 321 Å². The molecule has 54 heavy (non-hydrogen) atoms. The largest absolute Gasteiger partial charge is 0.0620 e. The van der Waals surface area contributed by atoms with Gasteiger partial charge in [-0.25, -0.2) is 0 Å². The lowest BCUT2D eigenvalue weighted by Gasteiger charge is -2.15. The molecule has 0 nitrogen and oxygen atoms in total. The number of hydrogen-bond donors (Lipinski definition) is 0. The number of aryl methyl sites for hydroxylation is 5. The summed E-state index contributed by atoms with van der Waals surface area (Å²) in [5.74, 6) is 0. The van der Waals surface area contributed by atoms with Gasteiger partial charge in [-0.3, -0.25) is 0 Å². The minimum absolute atomic E-state index is 1.02. The topological polar surface area (TPSA) is 0 Å². The first-order valence-corrected chi connectivity index (χ1v) is 19.1. The molecule has 1 aliphatic rings. The summed E-state index contributed by atoms with van der Waals surface area (Å²) in [5.41, 5.74) is 25.2. The summed E-state index contributed by atoms with van der Waals surface area (Å²) >= 11 is 0. The van der Waals surface area contributed by atoms with Gasteiger partial charge in [0.15, 0.2) is 0 Å². The Bertz CT molecular complexity index is 2600. The number of rotatable bonds is 5. The number of benzene rings is 8. The van der Waals surface area contributed by atoms with Gasteiger partial charge in [-0.05, 0) is 147 Å². The predicted molar refractivity (Wildman–Crippen MR) is 232 cm³/mol. The van der Waals surface area contributed by atoms with E-state index in [1.54, 1.807) is 0 Å². The first-order chi connectivity index (χ1) is 26.4. The van der Waals surface area contributed by atoms with Crippen LogP contribution in [0.25, 0.3) is 66.8 Å². The Morgan fingerprint density at radius 1 is 0.296 bits per heavy atom. The van der Waals surface area contributed by atoms with Gasteiger partial charge in [-0.2, -0.15) is 0 Å². The van der Waals surface area contributed by atoms with Crippen molar-refractivity contribution in [2.75, 3.05) is 0 Å². The van der Waals surface area contributed by atoms with Gasteiger partial charge in [-0.1, -0.05) is 175 Å². The van der Waals surface area contributed by atoms with Crippen molar-refractivity contribution in [3.8, 4) is 66.8 Å². The molecule has 0 saturated heterocycles. The number of hydrogen-bond acceptors (Lipinski definition) is 0. The predicted octanol–water partition coefficient (Wildman–Crippen LogP) is 14.8. The summed E-state index contributed by atoms with van der Waals surface area (Å²) in [6.45, 7) is 10.9. The van der Waals surface area contributed by atoms with E-state index < -0.39 is 0 Å².